The van der Waals surface area contributed by atoms with Crippen molar-refractivity contribution >= 4 is 11.8 Å². The summed E-state index contributed by atoms with van der Waals surface area (Å²) in [6.45, 7) is 4.40. The number of piperidine rings is 2. The molecule has 4 rings (SSSR count). The van der Waals surface area contributed by atoms with Crippen molar-refractivity contribution in [2.75, 3.05) is 44.7 Å². The monoisotopic (exact) mass is 411 g/mol. The van der Waals surface area contributed by atoms with Crippen molar-refractivity contribution in [3.05, 3.63) is 24.1 Å². The van der Waals surface area contributed by atoms with Gasteiger partial charge < -0.3 is 24.0 Å². The minimum Gasteiger partial charge on any atom is -0.459 e. The molecule has 2 aliphatic rings. The molecule has 2 aliphatic heterocycles. The first-order chi connectivity index (χ1) is 14.6. The zero-order valence-electron chi connectivity index (χ0n) is 17.5. The topological polar surface area (TPSA) is 98.5 Å². The lowest BCUT2D eigenvalue weighted by molar-refractivity contribution is -0.125. The molecule has 8 heteroatoms. The number of furan rings is 1. The van der Waals surface area contributed by atoms with Gasteiger partial charge in [0.05, 0.1) is 6.26 Å². The predicted octanol–water partition coefficient (Wildman–Crippen LogP) is 2.87. The highest BCUT2D eigenvalue weighted by Crippen LogP contribution is 2.31. The van der Waals surface area contributed by atoms with Crippen LogP contribution in [0.2, 0.25) is 0 Å². The standard InChI is InChI=1S/C22H29N5O3/c1-26-10-5-16(6-11-26)4-9-24-20(28)17-7-12-27(13-8-17)22-18(15-23)25-21(30-22)19-3-2-14-29-19/h2-3,14,16-17H,4-13H2,1H3,(H,24,28). The Morgan fingerprint density at radius 3 is 2.70 bits per heavy atom. The maximum absolute atomic E-state index is 12.6. The molecule has 160 valence electrons. The predicted molar refractivity (Wildman–Crippen MR) is 112 cm³/mol. The van der Waals surface area contributed by atoms with Crippen LogP contribution in [0.3, 0.4) is 0 Å². The van der Waals surface area contributed by atoms with Gasteiger partial charge in [-0.1, -0.05) is 0 Å². The van der Waals surface area contributed by atoms with E-state index >= 15 is 0 Å². The van der Waals surface area contributed by atoms with Crippen LogP contribution in [-0.2, 0) is 4.79 Å². The molecule has 0 radical (unpaired) electrons. The molecule has 2 saturated heterocycles. The second-order valence-electron chi connectivity index (χ2n) is 8.35. The van der Waals surface area contributed by atoms with Gasteiger partial charge in [-0.15, -0.1) is 0 Å². The number of oxazole rings is 1. The SMILES string of the molecule is CN1CCC(CCNC(=O)C2CCN(c3oc(-c4ccco4)nc3C#N)CC2)CC1. The highest BCUT2D eigenvalue weighted by Gasteiger charge is 2.29. The average Bonchev–Trinajstić information content (AvgIpc) is 3.45. The Kier molecular flexibility index (Phi) is 6.38. The highest BCUT2D eigenvalue weighted by atomic mass is 16.4. The lowest BCUT2D eigenvalue weighted by Gasteiger charge is -2.31. The van der Waals surface area contributed by atoms with Crippen molar-refractivity contribution in [2.45, 2.75) is 32.1 Å². The molecule has 2 fully saturated rings. The van der Waals surface area contributed by atoms with Gasteiger partial charge in [0.2, 0.25) is 17.5 Å². The molecule has 1 N–H and O–H groups in total. The molecule has 0 bridgehead atoms. The number of likely N-dealkylation sites (tertiary alicyclic amines) is 1. The van der Waals surface area contributed by atoms with Gasteiger partial charge in [0.1, 0.15) is 6.07 Å². The molecule has 2 aromatic heterocycles. The minimum absolute atomic E-state index is 0.0109. The van der Waals surface area contributed by atoms with Crippen molar-refractivity contribution in [3.8, 4) is 17.7 Å². The number of nitriles is 1. The zero-order valence-corrected chi connectivity index (χ0v) is 17.5. The first kappa shape index (κ1) is 20.5. The number of rotatable bonds is 6. The smallest absolute Gasteiger partial charge is 0.266 e. The zero-order chi connectivity index (χ0) is 20.9. The van der Waals surface area contributed by atoms with E-state index in [1.807, 2.05) is 4.90 Å². The van der Waals surface area contributed by atoms with Gasteiger partial charge in [-0.05, 0) is 70.3 Å². The van der Waals surface area contributed by atoms with Gasteiger partial charge in [-0.3, -0.25) is 4.79 Å². The van der Waals surface area contributed by atoms with Crippen molar-refractivity contribution in [1.82, 2.24) is 15.2 Å². The Morgan fingerprint density at radius 1 is 1.27 bits per heavy atom. The fourth-order valence-corrected chi connectivity index (χ4v) is 4.34. The van der Waals surface area contributed by atoms with Crippen LogP contribution in [-0.4, -0.2) is 55.6 Å². The van der Waals surface area contributed by atoms with Gasteiger partial charge in [-0.25, -0.2) is 0 Å². The van der Waals surface area contributed by atoms with Crippen LogP contribution in [0.5, 0.6) is 0 Å². The molecule has 0 unspecified atom stereocenters. The number of carbonyl (C=O) groups excluding carboxylic acids is 1. The molecular weight excluding hydrogens is 382 g/mol. The van der Waals surface area contributed by atoms with E-state index in [1.54, 1.807) is 18.4 Å². The van der Waals surface area contributed by atoms with Gasteiger partial charge in [0, 0.05) is 25.6 Å². The molecule has 0 aliphatic carbocycles. The van der Waals surface area contributed by atoms with E-state index in [-0.39, 0.29) is 17.5 Å². The molecule has 0 spiro atoms. The van der Waals surface area contributed by atoms with Crippen molar-refractivity contribution in [2.24, 2.45) is 11.8 Å². The maximum Gasteiger partial charge on any atom is 0.266 e. The largest absolute Gasteiger partial charge is 0.459 e. The lowest BCUT2D eigenvalue weighted by Crippen LogP contribution is -2.41. The first-order valence-corrected chi connectivity index (χ1v) is 10.8. The molecule has 0 saturated carbocycles. The van der Waals surface area contributed by atoms with Crippen LogP contribution in [0, 0.1) is 23.2 Å². The minimum atomic E-state index is 0.0109. The summed E-state index contributed by atoms with van der Waals surface area (Å²) in [5, 5.41) is 12.6. The molecule has 4 heterocycles. The molecule has 8 nitrogen and oxygen atoms in total. The van der Waals surface area contributed by atoms with E-state index in [2.05, 4.69) is 28.3 Å². The summed E-state index contributed by atoms with van der Waals surface area (Å²) in [6.07, 6.45) is 6.54. The Hall–Kier alpha value is -2.79. The van der Waals surface area contributed by atoms with Crippen LogP contribution in [0.1, 0.15) is 37.8 Å². The molecule has 30 heavy (non-hydrogen) atoms. The molecule has 0 atom stereocenters. The quantitative estimate of drug-likeness (QED) is 0.780. The van der Waals surface area contributed by atoms with Crippen LogP contribution in [0.4, 0.5) is 5.88 Å². The first-order valence-electron chi connectivity index (χ1n) is 10.8. The fourth-order valence-electron chi connectivity index (χ4n) is 4.34. The van der Waals surface area contributed by atoms with Gasteiger partial charge in [-0.2, -0.15) is 10.2 Å². The Labute approximate surface area is 176 Å². The highest BCUT2D eigenvalue weighted by molar-refractivity contribution is 5.79. The number of carbonyl (C=O) groups is 1. The normalized spacial score (nSPS) is 19.0. The van der Waals surface area contributed by atoms with Crippen molar-refractivity contribution in [1.29, 1.82) is 5.26 Å². The number of anilines is 1. The number of nitrogens with one attached hydrogen (secondary N) is 1. The van der Waals surface area contributed by atoms with Crippen LogP contribution in [0.25, 0.3) is 11.7 Å². The van der Waals surface area contributed by atoms with Gasteiger partial charge >= 0.3 is 0 Å². The van der Waals surface area contributed by atoms with E-state index in [4.69, 9.17) is 8.83 Å². The number of hydrogen-bond donors (Lipinski definition) is 1. The summed E-state index contributed by atoms with van der Waals surface area (Å²) in [4.78, 5) is 21.2. The van der Waals surface area contributed by atoms with E-state index in [1.165, 1.54) is 12.8 Å². The second-order valence-corrected chi connectivity index (χ2v) is 8.35. The molecular formula is C22H29N5O3. The number of hydrogen-bond acceptors (Lipinski definition) is 7. The Balaban J connectivity index is 1.26. The molecule has 1 amide bonds. The second kappa shape index (κ2) is 9.35. The van der Waals surface area contributed by atoms with Crippen LogP contribution < -0.4 is 10.2 Å². The third kappa shape index (κ3) is 4.68. The Morgan fingerprint density at radius 2 is 2.03 bits per heavy atom. The molecule has 2 aromatic rings. The number of amides is 1. The molecule has 0 aromatic carbocycles. The average molecular weight is 412 g/mol. The van der Waals surface area contributed by atoms with E-state index in [0.717, 1.165) is 44.8 Å². The summed E-state index contributed by atoms with van der Waals surface area (Å²) < 4.78 is 11.1. The van der Waals surface area contributed by atoms with E-state index < -0.39 is 0 Å². The summed E-state index contributed by atoms with van der Waals surface area (Å²) in [7, 11) is 2.17. The van der Waals surface area contributed by atoms with Crippen molar-refractivity contribution in [3.63, 3.8) is 0 Å². The van der Waals surface area contributed by atoms with Crippen molar-refractivity contribution < 1.29 is 13.6 Å². The fraction of sp³-hybridized carbons (Fsp3) is 0.591. The summed E-state index contributed by atoms with van der Waals surface area (Å²) in [5.74, 6) is 2.15. The summed E-state index contributed by atoms with van der Waals surface area (Å²) in [5.41, 5.74) is 0.252. The number of nitrogens with zero attached hydrogens (tertiary/aromatic N) is 4. The summed E-state index contributed by atoms with van der Waals surface area (Å²) in [6, 6.07) is 5.60. The van der Waals surface area contributed by atoms with Crippen LogP contribution in [0.15, 0.2) is 27.2 Å². The maximum atomic E-state index is 12.6. The van der Waals surface area contributed by atoms with E-state index in [9.17, 15) is 10.1 Å². The number of aromatic nitrogens is 1. The summed E-state index contributed by atoms with van der Waals surface area (Å²) >= 11 is 0. The van der Waals surface area contributed by atoms with Gasteiger partial charge in [0.15, 0.2) is 5.76 Å². The van der Waals surface area contributed by atoms with Gasteiger partial charge in [0.25, 0.3) is 5.89 Å². The van der Waals surface area contributed by atoms with Crippen LogP contribution >= 0.6 is 0 Å². The lowest BCUT2D eigenvalue weighted by atomic mass is 9.93. The Bertz CT molecular complexity index is 869. The third-order valence-corrected chi connectivity index (χ3v) is 6.29. The third-order valence-electron chi connectivity index (χ3n) is 6.29. The van der Waals surface area contributed by atoms with E-state index in [0.29, 0.717) is 30.6 Å².